The number of aromatic amines is 1. The highest BCUT2D eigenvalue weighted by Crippen LogP contribution is 2.16. The highest BCUT2D eigenvalue weighted by atomic mass is 16.3. The fraction of sp³-hybridized carbons (Fsp3) is 0.692. The van der Waals surface area contributed by atoms with Gasteiger partial charge in [0, 0.05) is 12.2 Å². The first-order valence-electron chi connectivity index (χ1n) is 6.25. The molecular weight excluding hydrogens is 230 g/mol. The van der Waals surface area contributed by atoms with E-state index in [1.807, 2.05) is 13.8 Å². The van der Waals surface area contributed by atoms with Gasteiger partial charge in [0.25, 0.3) is 5.91 Å². The summed E-state index contributed by atoms with van der Waals surface area (Å²) in [7, 11) is 0. The number of hydrogen-bond acceptors (Lipinski definition) is 3. The second kappa shape index (κ2) is 5.52. The predicted octanol–water partition coefficient (Wildman–Crippen LogP) is 1.55. The molecule has 3 N–H and O–H groups in total. The van der Waals surface area contributed by atoms with Crippen molar-refractivity contribution >= 4 is 5.91 Å². The smallest absolute Gasteiger partial charge is 0.255 e. The third kappa shape index (κ3) is 3.84. The Labute approximate surface area is 108 Å². The summed E-state index contributed by atoms with van der Waals surface area (Å²) < 4.78 is 0. The zero-order valence-corrected chi connectivity index (χ0v) is 11.8. The molecule has 1 aromatic rings. The molecule has 0 aromatic carbocycles. The number of hydrogen-bond donors (Lipinski definition) is 3. The van der Waals surface area contributed by atoms with Crippen molar-refractivity contribution in [1.29, 1.82) is 0 Å². The first kappa shape index (κ1) is 14.7. The SMILES string of the molecule is Cc1n[nH]c(C)c1C(=O)NCC(C)(O)CC(C)C. The summed E-state index contributed by atoms with van der Waals surface area (Å²) in [6.45, 7) is 9.66. The van der Waals surface area contributed by atoms with Crippen molar-refractivity contribution in [2.45, 2.75) is 46.6 Å². The van der Waals surface area contributed by atoms with Gasteiger partial charge in [-0.3, -0.25) is 9.89 Å². The van der Waals surface area contributed by atoms with E-state index in [2.05, 4.69) is 15.5 Å². The minimum Gasteiger partial charge on any atom is -0.388 e. The second-order valence-corrected chi connectivity index (χ2v) is 5.59. The van der Waals surface area contributed by atoms with Crippen molar-refractivity contribution in [2.24, 2.45) is 5.92 Å². The molecule has 1 aromatic heterocycles. The molecule has 1 heterocycles. The van der Waals surface area contributed by atoms with Gasteiger partial charge in [-0.05, 0) is 33.1 Å². The molecule has 0 aliphatic rings. The van der Waals surface area contributed by atoms with E-state index in [0.717, 1.165) is 5.69 Å². The summed E-state index contributed by atoms with van der Waals surface area (Å²) in [4.78, 5) is 12.0. The van der Waals surface area contributed by atoms with Crippen LogP contribution in [-0.2, 0) is 0 Å². The van der Waals surface area contributed by atoms with Crippen molar-refractivity contribution in [3.05, 3.63) is 17.0 Å². The van der Waals surface area contributed by atoms with Gasteiger partial charge in [0.1, 0.15) is 0 Å². The summed E-state index contributed by atoms with van der Waals surface area (Å²) >= 11 is 0. The van der Waals surface area contributed by atoms with E-state index in [9.17, 15) is 9.90 Å². The van der Waals surface area contributed by atoms with Crippen molar-refractivity contribution in [3.63, 3.8) is 0 Å². The number of nitrogens with zero attached hydrogens (tertiary/aromatic N) is 1. The van der Waals surface area contributed by atoms with Crippen molar-refractivity contribution in [3.8, 4) is 0 Å². The lowest BCUT2D eigenvalue weighted by molar-refractivity contribution is 0.0368. The Balaban J connectivity index is 2.62. The molecule has 1 rings (SSSR count). The van der Waals surface area contributed by atoms with Gasteiger partial charge in [0.15, 0.2) is 0 Å². The number of carbonyl (C=O) groups is 1. The molecule has 5 heteroatoms. The van der Waals surface area contributed by atoms with Crippen LogP contribution in [0.4, 0.5) is 0 Å². The summed E-state index contributed by atoms with van der Waals surface area (Å²) in [6, 6.07) is 0. The lowest BCUT2D eigenvalue weighted by Crippen LogP contribution is -2.41. The fourth-order valence-corrected chi connectivity index (χ4v) is 2.20. The molecule has 5 nitrogen and oxygen atoms in total. The zero-order chi connectivity index (χ0) is 13.9. The fourth-order valence-electron chi connectivity index (χ4n) is 2.20. The number of aryl methyl sites for hydroxylation is 2. The molecule has 1 atom stereocenters. The number of aliphatic hydroxyl groups is 1. The topological polar surface area (TPSA) is 78.0 Å². The average molecular weight is 253 g/mol. The Morgan fingerprint density at radius 3 is 2.56 bits per heavy atom. The van der Waals surface area contributed by atoms with E-state index in [0.29, 0.717) is 23.6 Å². The van der Waals surface area contributed by atoms with E-state index in [4.69, 9.17) is 0 Å². The van der Waals surface area contributed by atoms with Crippen molar-refractivity contribution in [1.82, 2.24) is 15.5 Å². The Kier molecular flexibility index (Phi) is 4.51. The number of nitrogens with one attached hydrogen (secondary N) is 2. The van der Waals surface area contributed by atoms with Gasteiger partial charge in [0.05, 0.1) is 16.9 Å². The van der Waals surface area contributed by atoms with Crippen LogP contribution in [0.15, 0.2) is 0 Å². The molecule has 0 aliphatic carbocycles. The maximum Gasteiger partial charge on any atom is 0.255 e. The van der Waals surface area contributed by atoms with Crippen molar-refractivity contribution in [2.75, 3.05) is 6.54 Å². The normalized spacial score (nSPS) is 14.6. The van der Waals surface area contributed by atoms with Crippen LogP contribution in [0, 0.1) is 19.8 Å². The summed E-state index contributed by atoms with van der Waals surface area (Å²) in [5.74, 6) is 0.192. The van der Waals surface area contributed by atoms with Gasteiger partial charge in [-0.2, -0.15) is 5.10 Å². The standard InChI is InChI=1S/C13H23N3O2/c1-8(2)6-13(5,18)7-14-12(17)11-9(3)15-16-10(11)4/h8,18H,6-7H2,1-5H3,(H,14,17)(H,15,16). The number of H-pyrrole nitrogens is 1. The van der Waals surface area contributed by atoms with Crippen LogP contribution in [0.25, 0.3) is 0 Å². The molecule has 0 bridgehead atoms. The lowest BCUT2D eigenvalue weighted by atomic mass is 9.94. The average Bonchev–Trinajstić information content (AvgIpc) is 2.53. The molecule has 18 heavy (non-hydrogen) atoms. The van der Waals surface area contributed by atoms with Gasteiger partial charge < -0.3 is 10.4 Å². The Morgan fingerprint density at radius 2 is 2.11 bits per heavy atom. The van der Waals surface area contributed by atoms with Gasteiger partial charge in [0.2, 0.25) is 0 Å². The zero-order valence-electron chi connectivity index (χ0n) is 11.8. The molecule has 1 unspecified atom stereocenters. The first-order valence-corrected chi connectivity index (χ1v) is 6.25. The Hall–Kier alpha value is -1.36. The van der Waals surface area contributed by atoms with Crippen LogP contribution in [0.5, 0.6) is 0 Å². The molecule has 1 amide bonds. The van der Waals surface area contributed by atoms with E-state index < -0.39 is 5.60 Å². The van der Waals surface area contributed by atoms with E-state index >= 15 is 0 Å². The number of rotatable bonds is 5. The first-order chi connectivity index (χ1) is 8.23. The van der Waals surface area contributed by atoms with Crippen LogP contribution in [0.1, 0.15) is 48.9 Å². The van der Waals surface area contributed by atoms with Gasteiger partial charge in [-0.25, -0.2) is 0 Å². The molecule has 102 valence electrons. The third-order valence-corrected chi connectivity index (χ3v) is 2.83. The second-order valence-electron chi connectivity index (χ2n) is 5.59. The molecule has 0 aliphatic heterocycles. The monoisotopic (exact) mass is 253 g/mol. The number of amides is 1. The Bertz CT molecular complexity index is 402. The van der Waals surface area contributed by atoms with Crippen LogP contribution < -0.4 is 5.32 Å². The largest absolute Gasteiger partial charge is 0.388 e. The van der Waals surface area contributed by atoms with E-state index in [-0.39, 0.29) is 12.5 Å². The maximum absolute atomic E-state index is 12.0. The van der Waals surface area contributed by atoms with Crippen LogP contribution >= 0.6 is 0 Å². The van der Waals surface area contributed by atoms with Gasteiger partial charge >= 0.3 is 0 Å². The van der Waals surface area contributed by atoms with Crippen LogP contribution in [0.3, 0.4) is 0 Å². The van der Waals surface area contributed by atoms with Crippen LogP contribution in [0.2, 0.25) is 0 Å². The van der Waals surface area contributed by atoms with Crippen molar-refractivity contribution < 1.29 is 9.90 Å². The van der Waals surface area contributed by atoms with E-state index in [1.165, 1.54) is 0 Å². The summed E-state index contributed by atoms with van der Waals surface area (Å²) in [6.07, 6.45) is 0.649. The maximum atomic E-state index is 12.0. The highest BCUT2D eigenvalue weighted by molar-refractivity contribution is 5.96. The van der Waals surface area contributed by atoms with Crippen LogP contribution in [-0.4, -0.2) is 33.4 Å². The highest BCUT2D eigenvalue weighted by Gasteiger charge is 2.24. The quantitative estimate of drug-likeness (QED) is 0.745. The number of carbonyl (C=O) groups excluding carboxylic acids is 1. The van der Waals surface area contributed by atoms with Gasteiger partial charge in [-0.15, -0.1) is 0 Å². The molecular formula is C13H23N3O2. The molecule has 0 saturated carbocycles. The summed E-state index contributed by atoms with van der Waals surface area (Å²) in [5, 5.41) is 19.7. The van der Waals surface area contributed by atoms with E-state index in [1.54, 1.807) is 20.8 Å². The Morgan fingerprint density at radius 1 is 1.50 bits per heavy atom. The third-order valence-electron chi connectivity index (χ3n) is 2.83. The minimum atomic E-state index is -0.880. The minimum absolute atomic E-state index is 0.192. The van der Waals surface area contributed by atoms with Gasteiger partial charge in [-0.1, -0.05) is 13.8 Å². The molecule has 0 radical (unpaired) electrons. The summed E-state index contributed by atoms with van der Waals surface area (Å²) in [5.41, 5.74) is 1.10. The molecule has 0 spiro atoms. The predicted molar refractivity (Wildman–Crippen MR) is 70.5 cm³/mol. The molecule has 0 fully saturated rings. The molecule has 0 saturated heterocycles. The lowest BCUT2D eigenvalue weighted by Gasteiger charge is -2.25. The number of aromatic nitrogens is 2.